The van der Waals surface area contributed by atoms with Gasteiger partial charge in [0.05, 0.1) is 11.1 Å². The molecule has 2 aromatic rings. The minimum Gasteiger partial charge on any atom is -0.256 e. The lowest BCUT2D eigenvalue weighted by Crippen LogP contribution is -2.34. The van der Waals surface area contributed by atoms with Gasteiger partial charge in [0.25, 0.3) is 0 Å². The van der Waals surface area contributed by atoms with Crippen molar-refractivity contribution in [3.05, 3.63) is 77.5 Å². The molecule has 224 valence electrons. The zero-order valence-corrected chi connectivity index (χ0v) is 26.4. The lowest BCUT2D eigenvalue weighted by atomic mass is 9.72. The molecule has 1 nitrogen and oxygen atoms in total. The van der Waals surface area contributed by atoms with Crippen molar-refractivity contribution >= 4 is 0 Å². The van der Waals surface area contributed by atoms with Crippen LogP contribution in [0.1, 0.15) is 117 Å². The highest BCUT2D eigenvalue weighted by atomic mass is 19.3. The van der Waals surface area contributed by atoms with Crippen LogP contribution in [-0.4, -0.2) is 17.1 Å². The smallest absolute Gasteiger partial charge is 0.248 e. The molecule has 1 aromatic heterocycles. The van der Waals surface area contributed by atoms with Crippen LogP contribution < -0.4 is 0 Å². The molecular formula is C36H54F3N. The fourth-order valence-corrected chi connectivity index (χ4v) is 5.44. The summed E-state index contributed by atoms with van der Waals surface area (Å²) in [6, 6.07) is 11.4. The third-order valence-electron chi connectivity index (χ3n) is 8.01. The van der Waals surface area contributed by atoms with Gasteiger partial charge in [-0.05, 0) is 75.5 Å². The van der Waals surface area contributed by atoms with E-state index in [1.165, 1.54) is 18.4 Å². The fraction of sp³-hybridized carbons (Fsp3) is 0.583. The maximum atomic E-state index is 14.4. The van der Waals surface area contributed by atoms with E-state index in [1.54, 1.807) is 0 Å². The minimum absolute atomic E-state index is 0.306. The average molecular weight is 558 g/mol. The van der Waals surface area contributed by atoms with Gasteiger partial charge < -0.3 is 0 Å². The molecule has 4 heteroatoms. The van der Waals surface area contributed by atoms with Crippen molar-refractivity contribution in [2.75, 3.05) is 0 Å². The van der Waals surface area contributed by atoms with Crippen LogP contribution in [0.3, 0.4) is 0 Å². The summed E-state index contributed by atoms with van der Waals surface area (Å²) in [6.45, 7) is 20.1. The van der Waals surface area contributed by atoms with Gasteiger partial charge in [0.15, 0.2) is 0 Å². The molecule has 1 aromatic carbocycles. The second-order valence-electron chi connectivity index (χ2n) is 11.6. The van der Waals surface area contributed by atoms with Crippen molar-refractivity contribution in [2.45, 2.75) is 131 Å². The molecule has 40 heavy (non-hydrogen) atoms. The molecule has 2 atom stereocenters. The Bertz CT molecular complexity index is 1020. The van der Waals surface area contributed by atoms with E-state index in [0.29, 0.717) is 50.0 Å². The van der Waals surface area contributed by atoms with E-state index >= 15 is 0 Å². The summed E-state index contributed by atoms with van der Waals surface area (Å²) in [7, 11) is 0. The van der Waals surface area contributed by atoms with Crippen molar-refractivity contribution in [1.82, 2.24) is 4.98 Å². The van der Waals surface area contributed by atoms with Crippen molar-refractivity contribution < 1.29 is 13.2 Å². The molecule has 0 spiro atoms. The third-order valence-corrected chi connectivity index (χ3v) is 8.01. The van der Waals surface area contributed by atoms with Gasteiger partial charge >= 0.3 is 0 Å². The Labute approximate surface area is 243 Å². The number of hydrogen-bond acceptors (Lipinski definition) is 1. The number of rotatable bonds is 15. The summed E-state index contributed by atoms with van der Waals surface area (Å²) in [5.74, 6) is 0.540. The van der Waals surface area contributed by atoms with Gasteiger partial charge in [0.2, 0.25) is 6.43 Å². The predicted octanol–water partition coefficient (Wildman–Crippen LogP) is 12.0. The van der Waals surface area contributed by atoms with Gasteiger partial charge in [-0.1, -0.05) is 102 Å². The van der Waals surface area contributed by atoms with E-state index in [2.05, 4.69) is 38.4 Å². The minimum atomic E-state index is -2.42. The Kier molecular flexibility index (Phi) is 15.6. The Morgan fingerprint density at radius 1 is 0.950 bits per heavy atom. The first-order chi connectivity index (χ1) is 18.9. The topological polar surface area (TPSA) is 12.9 Å². The van der Waals surface area contributed by atoms with E-state index in [1.807, 2.05) is 77.2 Å². The Balaban J connectivity index is 0.000000437. The first-order valence-corrected chi connectivity index (χ1v) is 15.3. The lowest BCUT2D eigenvalue weighted by Gasteiger charge is -2.34. The molecule has 0 fully saturated rings. The van der Waals surface area contributed by atoms with Gasteiger partial charge in [-0.3, -0.25) is 4.98 Å². The van der Waals surface area contributed by atoms with Crippen molar-refractivity contribution in [2.24, 2.45) is 5.92 Å². The van der Waals surface area contributed by atoms with Gasteiger partial charge in [0, 0.05) is 18.2 Å². The summed E-state index contributed by atoms with van der Waals surface area (Å²) >= 11 is 0. The van der Waals surface area contributed by atoms with Crippen LogP contribution in [0.5, 0.6) is 0 Å². The van der Waals surface area contributed by atoms with Crippen molar-refractivity contribution in [1.29, 1.82) is 0 Å². The van der Waals surface area contributed by atoms with Gasteiger partial charge in [0.1, 0.15) is 5.67 Å². The number of pyridine rings is 1. The van der Waals surface area contributed by atoms with Gasteiger partial charge in [-0.25, -0.2) is 13.2 Å². The van der Waals surface area contributed by atoms with E-state index in [9.17, 15) is 13.2 Å². The largest absolute Gasteiger partial charge is 0.256 e. The lowest BCUT2D eigenvalue weighted by molar-refractivity contribution is 0.0424. The van der Waals surface area contributed by atoms with Crippen LogP contribution >= 0.6 is 0 Å². The summed E-state index contributed by atoms with van der Waals surface area (Å²) in [5, 5.41) is 0. The quantitative estimate of drug-likeness (QED) is 0.198. The maximum absolute atomic E-state index is 14.4. The molecular weight excluding hydrogens is 503 g/mol. The van der Waals surface area contributed by atoms with E-state index < -0.39 is 17.5 Å². The highest BCUT2D eigenvalue weighted by molar-refractivity contribution is 5.60. The SMILES string of the molecule is C=C(C)CC(CCC)(c1ccc(-c2ccc(C)cn2)cc1)C(F)F.CC/C=C(/CC(F)(CC)CC)C(C)CCC. The van der Waals surface area contributed by atoms with Crippen LogP contribution in [-0.2, 0) is 5.41 Å². The van der Waals surface area contributed by atoms with Crippen molar-refractivity contribution in [3.63, 3.8) is 0 Å². The predicted molar refractivity (Wildman–Crippen MR) is 168 cm³/mol. The molecule has 0 radical (unpaired) electrons. The van der Waals surface area contributed by atoms with Gasteiger partial charge in [-0.15, -0.1) is 6.58 Å². The number of alkyl halides is 3. The monoisotopic (exact) mass is 557 g/mol. The van der Waals surface area contributed by atoms with Crippen LogP contribution in [0.4, 0.5) is 13.2 Å². The van der Waals surface area contributed by atoms with E-state index in [4.69, 9.17) is 0 Å². The zero-order valence-electron chi connectivity index (χ0n) is 26.4. The number of halogens is 3. The van der Waals surface area contributed by atoms with Crippen LogP contribution in [0.15, 0.2) is 66.4 Å². The molecule has 2 rings (SSSR count). The second-order valence-corrected chi connectivity index (χ2v) is 11.6. The first-order valence-electron chi connectivity index (χ1n) is 15.3. The summed E-state index contributed by atoms with van der Waals surface area (Å²) in [5.41, 5.74) is 3.54. The number of nitrogens with zero attached hydrogens (tertiary/aromatic N) is 1. The standard InChI is InChI=1S/C21H25F2N.C15H29F/c1-5-12-21(20(22)23,13-15(2)3)18-9-7-17(8-10-18)19-11-6-16(4)14-24-19;1-6-10-13(5)14(11-7-2)12-15(16,8-3)9-4/h6-11,14,20H,2,5,12-13H2,1,3-4H3;11,13H,6-10,12H2,1-5H3/b;14-11-. The highest BCUT2D eigenvalue weighted by Gasteiger charge is 2.40. The number of benzene rings is 1. The molecule has 0 saturated heterocycles. The fourth-order valence-electron chi connectivity index (χ4n) is 5.44. The molecule has 0 amide bonds. The highest BCUT2D eigenvalue weighted by Crippen LogP contribution is 2.41. The normalized spacial score (nSPS) is 14.3. The number of aromatic nitrogens is 1. The second kappa shape index (κ2) is 17.5. The Morgan fingerprint density at radius 2 is 1.57 bits per heavy atom. The molecule has 0 aliphatic heterocycles. The van der Waals surface area contributed by atoms with E-state index in [0.717, 1.165) is 28.8 Å². The van der Waals surface area contributed by atoms with E-state index in [-0.39, 0.29) is 0 Å². The van der Waals surface area contributed by atoms with Crippen LogP contribution in [0.2, 0.25) is 0 Å². The Morgan fingerprint density at radius 3 is 2.00 bits per heavy atom. The van der Waals surface area contributed by atoms with Crippen molar-refractivity contribution in [3.8, 4) is 11.3 Å². The molecule has 0 aliphatic rings. The van der Waals surface area contributed by atoms with Crippen LogP contribution in [0, 0.1) is 12.8 Å². The molecule has 0 saturated carbocycles. The number of aryl methyl sites for hydroxylation is 1. The zero-order chi connectivity index (χ0) is 30.3. The summed E-state index contributed by atoms with van der Waals surface area (Å²) in [6.07, 6.45) is 8.35. The molecule has 0 N–H and O–H groups in total. The molecule has 0 bridgehead atoms. The summed E-state index contributed by atoms with van der Waals surface area (Å²) < 4.78 is 42.4. The summed E-state index contributed by atoms with van der Waals surface area (Å²) in [4.78, 5) is 4.40. The molecule has 1 heterocycles. The number of hydrogen-bond donors (Lipinski definition) is 0. The van der Waals surface area contributed by atoms with Gasteiger partial charge in [-0.2, -0.15) is 0 Å². The van der Waals surface area contributed by atoms with Crippen LogP contribution in [0.25, 0.3) is 11.3 Å². The Hall–Kier alpha value is -2.36. The molecule has 2 unspecified atom stereocenters. The maximum Gasteiger partial charge on any atom is 0.248 e. The average Bonchev–Trinajstić information content (AvgIpc) is 2.93. The third kappa shape index (κ3) is 10.6. The molecule has 0 aliphatic carbocycles. The number of allylic oxidation sites excluding steroid dienone is 3. The first kappa shape index (κ1) is 35.7.